The standard InChI is InChI=1S/C11H14N2/c1-13(2)11-7-5-10(6-8-11)4-3-9-12/h5-8H,9,12H2,1-2H3. The maximum atomic E-state index is 5.27. The van der Waals surface area contributed by atoms with E-state index in [0.29, 0.717) is 6.54 Å². The largest absolute Gasteiger partial charge is 0.378 e. The van der Waals surface area contributed by atoms with Crippen LogP contribution in [0, 0.1) is 11.8 Å². The second-order valence-electron chi connectivity index (χ2n) is 2.95. The van der Waals surface area contributed by atoms with Gasteiger partial charge in [-0.05, 0) is 24.3 Å². The molecule has 13 heavy (non-hydrogen) atoms. The zero-order valence-corrected chi connectivity index (χ0v) is 8.04. The topological polar surface area (TPSA) is 29.3 Å². The highest BCUT2D eigenvalue weighted by molar-refractivity contribution is 5.49. The predicted molar refractivity (Wildman–Crippen MR) is 56.7 cm³/mol. The Morgan fingerprint density at radius 1 is 1.23 bits per heavy atom. The van der Waals surface area contributed by atoms with Crippen LogP contribution in [0.5, 0.6) is 0 Å². The number of rotatable bonds is 1. The summed E-state index contributed by atoms with van der Waals surface area (Å²) in [6, 6.07) is 8.08. The molecule has 68 valence electrons. The zero-order chi connectivity index (χ0) is 9.68. The lowest BCUT2D eigenvalue weighted by Gasteiger charge is -2.11. The van der Waals surface area contributed by atoms with Gasteiger partial charge in [0.25, 0.3) is 0 Å². The summed E-state index contributed by atoms with van der Waals surface area (Å²) in [7, 11) is 4.03. The molecule has 2 heteroatoms. The maximum absolute atomic E-state index is 5.27. The maximum Gasteiger partial charge on any atom is 0.0555 e. The quantitative estimate of drug-likeness (QED) is 0.645. The van der Waals surface area contributed by atoms with E-state index in [2.05, 4.69) is 16.7 Å². The number of nitrogens with two attached hydrogens (primary N) is 1. The molecule has 0 heterocycles. The van der Waals surface area contributed by atoms with Crippen molar-refractivity contribution in [2.24, 2.45) is 5.73 Å². The molecular formula is C11H14N2. The monoisotopic (exact) mass is 174 g/mol. The smallest absolute Gasteiger partial charge is 0.0555 e. The third-order valence-corrected chi connectivity index (χ3v) is 1.72. The molecule has 0 unspecified atom stereocenters. The van der Waals surface area contributed by atoms with Crippen molar-refractivity contribution in [1.82, 2.24) is 0 Å². The van der Waals surface area contributed by atoms with E-state index in [9.17, 15) is 0 Å². The van der Waals surface area contributed by atoms with Crippen LogP contribution in [0.3, 0.4) is 0 Å². The van der Waals surface area contributed by atoms with Crippen molar-refractivity contribution in [3.05, 3.63) is 29.8 Å². The summed E-state index contributed by atoms with van der Waals surface area (Å²) in [6.45, 7) is 0.412. The number of hydrogen-bond donors (Lipinski definition) is 1. The van der Waals surface area contributed by atoms with Crippen LogP contribution in [-0.4, -0.2) is 20.6 Å². The summed E-state index contributed by atoms with van der Waals surface area (Å²) >= 11 is 0. The first-order chi connectivity index (χ1) is 6.24. The SMILES string of the molecule is CN(C)c1ccc(C#CCN)cc1. The molecule has 0 bridgehead atoms. The molecule has 2 nitrogen and oxygen atoms in total. The van der Waals surface area contributed by atoms with Crippen LogP contribution in [0.25, 0.3) is 0 Å². The fourth-order valence-corrected chi connectivity index (χ4v) is 0.996. The average Bonchev–Trinajstić information content (AvgIpc) is 2.15. The van der Waals surface area contributed by atoms with Crippen LogP contribution in [0.2, 0.25) is 0 Å². The van der Waals surface area contributed by atoms with Crippen LogP contribution >= 0.6 is 0 Å². The number of anilines is 1. The van der Waals surface area contributed by atoms with Crippen LogP contribution in [0.4, 0.5) is 5.69 Å². The molecule has 0 spiro atoms. The Hall–Kier alpha value is -1.46. The molecule has 0 aromatic heterocycles. The lowest BCUT2D eigenvalue weighted by molar-refractivity contribution is 1.13. The molecule has 1 rings (SSSR count). The van der Waals surface area contributed by atoms with Crippen molar-refractivity contribution >= 4 is 5.69 Å². The molecule has 0 saturated heterocycles. The van der Waals surface area contributed by atoms with Gasteiger partial charge in [0.15, 0.2) is 0 Å². The first-order valence-corrected chi connectivity index (χ1v) is 4.20. The van der Waals surface area contributed by atoms with Crippen molar-refractivity contribution in [2.75, 3.05) is 25.5 Å². The van der Waals surface area contributed by atoms with Crippen LogP contribution < -0.4 is 10.6 Å². The molecule has 0 aliphatic carbocycles. The summed E-state index contributed by atoms with van der Waals surface area (Å²) in [5.74, 6) is 5.79. The first kappa shape index (κ1) is 9.63. The lowest BCUT2D eigenvalue weighted by Crippen LogP contribution is -2.07. The molecule has 1 aromatic rings. The minimum absolute atomic E-state index is 0.412. The second kappa shape index (κ2) is 4.54. The summed E-state index contributed by atoms with van der Waals surface area (Å²) in [6.07, 6.45) is 0. The van der Waals surface area contributed by atoms with Gasteiger partial charge in [0.1, 0.15) is 0 Å². The average molecular weight is 174 g/mol. The van der Waals surface area contributed by atoms with Crippen molar-refractivity contribution < 1.29 is 0 Å². The Morgan fingerprint density at radius 2 is 1.85 bits per heavy atom. The van der Waals surface area contributed by atoms with Crippen molar-refractivity contribution in [3.63, 3.8) is 0 Å². The van der Waals surface area contributed by atoms with Crippen molar-refractivity contribution in [2.45, 2.75) is 0 Å². The van der Waals surface area contributed by atoms with Gasteiger partial charge >= 0.3 is 0 Å². The summed E-state index contributed by atoms with van der Waals surface area (Å²) < 4.78 is 0. The molecule has 2 N–H and O–H groups in total. The molecular weight excluding hydrogens is 160 g/mol. The van der Waals surface area contributed by atoms with E-state index < -0.39 is 0 Å². The second-order valence-corrected chi connectivity index (χ2v) is 2.95. The number of benzene rings is 1. The van der Waals surface area contributed by atoms with Crippen LogP contribution in [-0.2, 0) is 0 Å². The van der Waals surface area contributed by atoms with Gasteiger partial charge in [0.2, 0.25) is 0 Å². The Morgan fingerprint density at radius 3 is 2.31 bits per heavy atom. The fraction of sp³-hybridized carbons (Fsp3) is 0.273. The molecule has 0 saturated carbocycles. The summed E-state index contributed by atoms with van der Waals surface area (Å²) in [5, 5.41) is 0. The fourth-order valence-electron chi connectivity index (χ4n) is 0.996. The van der Waals surface area contributed by atoms with Crippen LogP contribution in [0.15, 0.2) is 24.3 Å². The van der Waals surface area contributed by atoms with E-state index in [1.165, 1.54) is 5.69 Å². The van der Waals surface area contributed by atoms with E-state index in [1.54, 1.807) is 0 Å². The molecule has 1 aromatic carbocycles. The molecule has 0 aliphatic rings. The highest BCUT2D eigenvalue weighted by atomic mass is 15.1. The third-order valence-electron chi connectivity index (χ3n) is 1.72. The molecule has 0 radical (unpaired) electrons. The first-order valence-electron chi connectivity index (χ1n) is 4.20. The number of nitrogens with zero attached hydrogens (tertiary/aromatic N) is 1. The molecule has 0 atom stereocenters. The van der Waals surface area contributed by atoms with E-state index in [4.69, 9.17) is 5.73 Å². The molecule has 0 amide bonds. The predicted octanol–water partition coefficient (Wildman–Crippen LogP) is 1.06. The Balaban J connectivity index is 2.81. The highest BCUT2D eigenvalue weighted by Crippen LogP contribution is 2.11. The van der Waals surface area contributed by atoms with Gasteiger partial charge in [-0.2, -0.15) is 0 Å². The molecule has 0 fully saturated rings. The van der Waals surface area contributed by atoms with E-state index in [0.717, 1.165) is 5.56 Å². The van der Waals surface area contributed by atoms with Gasteiger partial charge in [-0.25, -0.2) is 0 Å². The summed E-state index contributed by atoms with van der Waals surface area (Å²) in [5.41, 5.74) is 7.46. The Kier molecular flexibility index (Phi) is 3.36. The summed E-state index contributed by atoms with van der Waals surface area (Å²) in [4.78, 5) is 2.06. The minimum Gasteiger partial charge on any atom is -0.378 e. The van der Waals surface area contributed by atoms with Crippen molar-refractivity contribution in [1.29, 1.82) is 0 Å². The normalized spacial score (nSPS) is 8.85. The van der Waals surface area contributed by atoms with Gasteiger partial charge in [-0.1, -0.05) is 11.8 Å². The lowest BCUT2D eigenvalue weighted by atomic mass is 10.2. The van der Waals surface area contributed by atoms with Gasteiger partial charge in [0.05, 0.1) is 6.54 Å². The van der Waals surface area contributed by atoms with E-state index in [1.807, 2.05) is 38.4 Å². The minimum atomic E-state index is 0.412. The van der Waals surface area contributed by atoms with E-state index >= 15 is 0 Å². The van der Waals surface area contributed by atoms with Gasteiger partial charge in [-0.3, -0.25) is 0 Å². The third kappa shape index (κ3) is 2.81. The Bertz CT molecular complexity index is 314. The van der Waals surface area contributed by atoms with Gasteiger partial charge in [0, 0.05) is 25.3 Å². The Labute approximate surface area is 79.4 Å². The van der Waals surface area contributed by atoms with Crippen LogP contribution in [0.1, 0.15) is 5.56 Å². The number of hydrogen-bond acceptors (Lipinski definition) is 2. The van der Waals surface area contributed by atoms with Crippen molar-refractivity contribution in [3.8, 4) is 11.8 Å². The zero-order valence-electron chi connectivity index (χ0n) is 8.04. The highest BCUT2D eigenvalue weighted by Gasteiger charge is 1.92. The van der Waals surface area contributed by atoms with E-state index in [-0.39, 0.29) is 0 Å². The molecule has 0 aliphatic heterocycles. The van der Waals surface area contributed by atoms with Gasteiger partial charge < -0.3 is 10.6 Å². The van der Waals surface area contributed by atoms with Gasteiger partial charge in [-0.15, -0.1) is 0 Å².